The topological polar surface area (TPSA) is 71.1 Å². The summed E-state index contributed by atoms with van der Waals surface area (Å²) in [5, 5.41) is 0.906. The lowest BCUT2D eigenvalue weighted by Gasteiger charge is -2.08. The van der Waals surface area contributed by atoms with E-state index in [9.17, 15) is 9.59 Å². The van der Waals surface area contributed by atoms with E-state index in [2.05, 4.69) is 31.8 Å². The second kappa shape index (κ2) is 7.55. The zero-order valence-electron chi connectivity index (χ0n) is 12.6. The van der Waals surface area contributed by atoms with Gasteiger partial charge in [0, 0.05) is 17.3 Å². The zero-order chi connectivity index (χ0) is 16.9. The van der Waals surface area contributed by atoms with Gasteiger partial charge in [-0.15, -0.1) is 11.3 Å². The Morgan fingerprint density at radius 3 is 2.58 bits per heavy atom. The third kappa shape index (κ3) is 3.98. The maximum Gasteiger partial charge on any atom is 0.270 e. The summed E-state index contributed by atoms with van der Waals surface area (Å²) < 4.78 is 1.78. The van der Waals surface area contributed by atoms with E-state index in [-0.39, 0.29) is 18.2 Å². The van der Waals surface area contributed by atoms with E-state index in [1.807, 2.05) is 30.3 Å². The third-order valence-corrected chi connectivity index (χ3v) is 5.13. The number of fused-ring (bicyclic) bond motifs is 1. The average Bonchev–Trinajstić information content (AvgIpc) is 3.01. The van der Waals surface area contributed by atoms with Crippen LogP contribution in [0.25, 0.3) is 10.2 Å². The van der Waals surface area contributed by atoms with Crippen molar-refractivity contribution in [2.45, 2.75) is 12.8 Å². The van der Waals surface area contributed by atoms with Gasteiger partial charge in [0.15, 0.2) is 0 Å². The number of thiazole rings is 1. The molecule has 0 saturated carbocycles. The van der Waals surface area contributed by atoms with Crippen molar-refractivity contribution in [3.8, 4) is 0 Å². The summed E-state index contributed by atoms with van der Waals surface area (Å²) in [6.07, 6.45) is 0.798. The fraction of sp³-hybridized carbons (Fsp3) is 0.118. The summed E-state index contributed by atoms with van der Waals surface area (Å²) in [6, 6.07) is 14.9. The van der Waals surface area contributed by atoms with E-state index in [4.69, 9.17) is 0 Å². The summed E-state index contributed by atoms with van der Waals surface area (Å²) >= 11 is 4.88. The second-order valence-corrected chi connectivity index (χ2v) is 7.03. The molecule has 1 heterocycles. The van der Waals surface area contributed by atoms with Crippen LogP contribution < -0.4 is 10.9 Å². The summed E-state index contributed by atoms with van der Waals surface area (Å²) in [6.45, 7) is 0. The van der Waals surface area contributed by atoms with Crippen LogP contribution in [0, 0.1) is 0 Å². The highest BCUT2D eigenvalue weighted by molar-refractivity contribution is 9.10. The van der Waals surface area contributed by atoms with E-state index >= 15 is 0 Å². The van der Waals surface area contributed by atoms with Crippen molar-refractivity contribution in [3.05, 3.63) is 63.6 Å². The lowest BCUT2D eigenvalue weighted by Crippen LogP contribution is -2.41. The van der Waals surface area contributed by atoms with E-state index < -0.39 is 0 Å². The number of para-hydroxylation sites is 1. The molecule has 2 amide bonds. The minimum absolute atomic E-state index is 0.255. The molecule has 0 atom stereocenters. The quantitative estimate of drug-likeness (QED) is 0.655. The Labute approximate surface area is 151 Å². The monoisotopic (exact) mass is 403 g/mol. The van der Waals surface area contributed by atoms with Crippen LogP contribution in [0.4, 0.5) is 0 Å². The van der Waals surface area contributed by atoms with Crippen molar-refractivity contribution >= 4 is 49.3 Å². The van der Waals surface area contributed by atoms with Gasteiger partial charge in [0.05, 0.1) is 20.8 Å². The molecular formula is C17H14BrN3O2S. The largest absolute Gasteiger partial charge is 0.273 e. The predicted molar refractivity (Wildman–Crippen MR) is 97.7 cm³/mol. The molecule has 0 aliphatic rings. The molecule has 0 unspecified atom stereocenters. The Morgan fingerprint density at radius 2 is 1.79 bits per heavy atom. The van der Waals surface area contributed by atoms with Crippen LogP contribution in [-0.4, -0.2) is 16.8 Å². The predicted octanol–water partition coefficient (Wildman–Crippen LogP) is 3.45. The summed E-state index contributed by atoms with van der Waals surface area (Å²) in [4.78, 5) is 28.4. The highest BCUT2D eigenvalue weighted by Gasteiger charge is 2.11. The first kappa shape index (κ1) is 16.6. The van der Waals surface area contributed by atoms with E-state index in [0.717, 1.165) is 15.2 Å². The van der Waals surface area contributed by atoms with Crippen molar-refractivity contribution < 1.29 is 9.59 Å². The van der Waals surface area contributed by atoms with Gasteiger partial charge in [-0.1, -0.05) is 24.3 Å². The molecule has 5 nitrogen and oxygen atoms in total. The Hall–Kier alpha value is -2.25. The molecule has 24 heavy (non-hydrogen) atoms. The summed E-state index contributed by atoms with van der Waals surface area (Å²) in [5.74, 6) is -0.620. The fourth-order valence-corrected chi connectivity index (χ4v) is 3.58. The third-order valence-electron chi connectivity index (χ3n) is 3.34. The van der Waals surface area contributed by atoms with Crippen LogP contribution in [-0.2, 0) is 11.2 Å². The number of aromatic nitrogens is 1. The molecule has 7 heteroatoms. The number of hydrogen-bond donors (Lipinski definition) is 2. The van der Waals surface area contributed by atoms with Gasteiger partial charge in [0.25, 0.3) is 5.91 Å². The Bertz CT molecular complexity index is 861. The molecule has 0 fully saturated rings. The molecule has 2 aromatic carbocycles. The second-order valence-electron chi connectivity index (χ2n) is 5.06. The van der Waals surface area contributed by atoms with E-state index in [0.29, 0.717) is 16.5 Å². The smallest absolute Gasteiger partial charge is 0.270 e. The van der Waals surface area contributed by atoms with Crippen molar-refractivity contribution in [3.63, 3.8) is 0 Å². The maximum absolute atomic E-state index is 12.0. The molecule has 0 bridgehead atoms. The number of nitrogens with one attached hydrogen (secondary N) is 2. The van der Waals surface area contributed by atoms with Crippen molar-refractivity contribution in [2.75, 3.05) is 0 Å². The molecule has 0 spiro atoms. The van der Waals surface area contributed by atoms with Gasteiger partial charge in [0.2, 0.25) is 5.91 Å². The molecule has 3 rings (SSSR count). The number of hydrogen-bond acceptors (Lipinski definition) is 4. The average molecular weight is 404 g/mol. The van der Waals surface area contributed by atoms with Gasteiger partial charge in [-0.05, 0) is 40.2 Å². The van der Waals surface area contributed by atoms with E-state index in [1.54, 1.807) is 29.5 Å². The van der Waals surface area contributed by atoms with Gasteiger partial charge in [-0.3, -0.25) is 20.4 Å². The minimum atomic E-state index is -0.365. The zero-order valence-corrected chi connectivity index (χ0v) is 15.0. The number of hydrazine groups is 1. The lowest BCUT2D eigenvalue weighted by atomic mass is 10.2. The number of rotatable bonds is 4. The number of nitrogens with zero attached hydrogens (tertiary/aromatic N) is 1. The Kier molecular flexibility index (Phi) is 5.22. The van der Waals surface area contributed by atoms with Crippen LogP contribution in [0.3, 0.4) is 0 Å². The van der Waals surface area contributed by atoms with Gasteiger partial charge >= 0.3 is 0 Å². The standard InChI is InChI=1S/C17H14BrN3O2S/c18-12-6-2-1-5-11(12)17(23)21-20-15(22)9-10-16-19-13-7-3-4-8-14(13)24-16/h1-8H,9-10H2,(H,20,22)(H,21,23). The van der Waals surface area contributed by atoms with Crippen LogP contribution in [0.5, 0.6) is 0 Å². The van der Waals surface area contributed by atoms with Gasteiger partial charge in [-0.2, -0.15) is 0 Å². The molecule has 1 aromatic heterocycles. The van der Waals surface area contributed by atoms with E-state index in [1.165, 1.54) is 0 Å². The SMILES string of the molecule is O=C(CCc1nc2ccccc2s1)NNC(=O)c1ccccc1Br. The summed E-state index contributed by atoms with van der Waals surface area (Å²) in [5.41, 5.74) is 6.25. The maximum atomic E-state index is 12.0. The van der Waals surface area contributed by atoms with Crippen LogP contribution in [0.1, 0.15) is 21.8 Å². The van der Waals surface area contributed by atoms with Crippen molar-refractivity contribution in [1.82, 2.24) is 15.8 Å². The van der Waals surface area contributed by atoms with Crippen LogP contribution in [0.15, 0.2) is 53.0 Å². The molecular weight excluding hydrogens is 390 g/mol. The normalized spacial score (nSPS) is 10.5. The molecule has 2 N–H and O–H groups in total. The molecule has 0 aliphatic carbocycles. The molecule has 122 valence electrons. The van der Waals surface area contributed by atoms with Gasteiger partial charge < -0.3 is 0 Å². The fourth-order valence-electron chi connectivity index (χ4n) is 2.15. The van der Waals surface area contributed by atoms with Gasteiger partial charge in [0.1, 0.15) is 0 Å². The van der Waals surface area contributed by atoms with Crippen molar-refractivity contribution in [1.29, 1.82) is 0 Å². The number of carbonyl (C=O) groups is 2. The molecule has 0 radical (unpaired) electrons. The minimum Gasteiger partial charge on any atom is -0.273 e. The Morgan fingerprint density at radius 1 is 1.04 bits per heavy atom. The highest BCUT2D eigenvalue weighted by Crippen LogP contribution is 2.22. The van der Waals surface area contributed by atoms with Crippen LogP contribution in [0.2, 0.25) is 0 Å². The number of carbonyl (C=O) groups excluding carboxylic acids is 2. The number of halogens is 1. The molecule has 0 aliphatic heterocycles. The first-order valence-electron chi connectivity index (χ1n) is 7.31. The van der Waals surface area contributed by atoms with Crippen LogP contribution >= 0.6 is 27.3 Å². The number of benzene rings is 2. The Balaban J connectivity index is 1.51. The number of amides is 2. The van der Waals surface area contributed by atoms with Gasteiger partial charge in [-0.25, -0.2) is 4.98 Å². The van der Waals surface area contributed by atoms with Crippen molar-refractivity contribution in [2.24, 2.45) is 0 Å². The first-order chi connectivity index (χ1) is 11.6. The summed E-state index contributed by atoms with van der Waals surface area (Å²) in [7, 11) is 0. The lowest BCUT2D eigenvalue weighted by molar-refractivity contribution is -0.121. The molecule has 3 aromatic rings. The number of aryl methyl sites for hydroxylation is 1. The highest BCUT2D eigenvalue weighted by atomic mass is 79.9. The molecule has 0 saturated heterocycles. The first-order valence-corrected chi connectivity index (χ1v) is 8.92.